The molecule has 0 heterocycles. The Morgan fingerprint density at radius 1 is 0.938 bits per heavy atom. The van der Waals surface area contributed by atoms with E-state index < -0.39 is 0 Å². The van der Waals surface area contributed by atoms with E-state index in [0.717, 1.165) is 11.1 Å². The summed E-state index contributed by atoms with van der Waals surface area (Å²) in [6, 6.07) is 3.80. The van der Waals surface area contributed by atoms with Gasteiger partial charge in [0.05, 0.1) is 0 Å². The molecule has 2 heteroatoms. The molecule has 0 aliphatic rings. The van der Waals surface area contributed by atoms with E-state index in [1.54, 1.807) is 0 Å². The molecule has 2 nitrogen and oxygen atoms in total. The molecular formula is C14H23NO. The fourth-order valence-corrected chi connectivity index (χ4v) is 1.90. The number of hydrogen-bond donors (Lipinski definition) is 2. The smallest absolute Gasteiger partial charge is 0.121 e. The minimum Gasteiger partial charge on any atom is -0.508 e. The van der Waals surface area contributed by atoms with Gasteiger partial charge in [0.2, 0.25) is 0 Å². The second kappa shape index (κ2) is 3.69. The Hall–Kier alpha value is -1.18. The van der Waals surface area contributed by atoms with Crippen LogP contribution >= 0.6 is 0 Å². The van der Waals surface area contributed by atoms with Crippen molar-refractivity contribution in [1.82, 2.24) is 0 Å². The summed E-state index contributed by atoms with van der Waals surface area (Å²) < 4.78 is 0. The van der Waals surface area contributed by atoms with E-state index in [1.807, 2.05) is 12.1 Å². The molecular weight excluding hydrogens is 198 g/mol. The van der Waals surface area contributed by atoms with Gasteiger partial charge in [-0.25, -0.2) is 0 Å². The highest BCUT2D eigenvalue weighted by atomic mass is 16.3. The normalized spacial score (nSPS) is 12.9. The third-order valence-electron chi connectivity index (χ3n) is 2.76. The maximum atomic E-state index is 10.1. The van der Waals surface area contributed by atoms with E-state index in [9.17, 15) is 5.11 Å². The van der Waals surface area contributed by atoms with Crippen LogP contribution in [0.4, 0.5) is 5.69 Å². The molecule has 0 atom stereocenters. The highest BCUT2D eigenvalue weighted by Gasteiger charge is 2.24. The lowest BCUT2D eigenvalue weighted by Gasteiger charge is -2.26. The van der Waals surface area contributed by atoms with Crippen molar-refractivity contribution in [2.75, 3.05) is 5.73 Å². The Balaban J connectivity index is 3.41. The Labute approximate surface area is 98.5 Å². The van der Waals surface area contributed by atoms with Crippen molar-refractivity contribution in [3.8, 4) is 5.75 Å². The highest BCUT2D eigenvalue weighted by molar-refractivity contribution is 5.60. The summed E-state index contributed by atoms with van der Waals surface area (Å²) >= 11 is 0. The quantitative estimate of drug-likeness (QED) is 0.658. The molecule has 0 saturated heterocycles. The Morgan fingerprint density at radius 3 is 1.75 bits per heavy atom. The molecule has 0 aliphatic carbocycles. The average molecular weight is 221 g/mol. The predicted octanol–water partition coefficient (Wildman–Crippen LogP) is 3.57. The third-order valence-corrected chi connectivity index (χ3v) is 2.76. The van der Waals surface area contributed by atoms with E-state index in [1.165, 1.54) is 0 Å². The molecule has 0 spiro atoms. The zero-order valence-electron chi connectivity index (χ0n) is 11.2. The Kier molecular flexibility index (Phi) is 2.97. The molecule has 3 N–H and O–H groups in total. The maximum absolute atomic E-state index is 10.1. The topological polar surface area (TPSA) is 46.2 Å². The number of phenols is 1. The molecule has 90 valence electrons. The number of anilines is 1. The number of aromatic hydroxyl groups is 1. The zero-order chi connectivity index (χ0) is 12.7. The van der Waals surface area contributed by atoms with Crippen LogP contribution in [0.25, 0.3) is 0 Å². The van der Waals surface area contributed by atoms with Crippen molar-refractivity contribution < 1.29 is 5.11 Å². The molecule has 16 heavy (non-hydrogen) atoms. The lowest BCUT2D eigenvalue weighted by atomic mass is 9.80. The van der Waals surface area contributed by atoms with E-state index in [2.05, 4.69) is 41.5 Å². The van der Waals surface area contributed by atoms with Gasteiger partial charge in [-0.05, 0) is 28.5 Å². The van der Waals surface area contributed by atoms with E-state index in [4.69, 9.17) is 5.73 Å². The van der Waals surface area contributed by atoms with Crippen LogP contribution in [0.5, 0.6) is 5.75 Å². The van der Waals surface area contributed by atoms with Crippen molar-refractivity contribution in [2.45, 2.75) is 52.4 Å². The predicted molar refractivity (Wildman–Crippen MR) is 69.9 cm³/mol. The molecule has 1 aromatic rings. The minimum atomic E-state index is -0.134. The molecule has 0 aromatic heterocycles. The summed E-state index contributed by atoms with van der Waals surface area (Å²) in [7, 11) is 0. The van der Waals surface area contributed by atoms with Crippen molar-refractivity contribution in [3.63, 3.8) is 0 Å². The van der Waals surface area contributed by atoms with Crippen molar-refractivity contribution >= 4 is 5.69 Å². The summed E-state index contributed by atoms with van der Waals surface area (Å²) in [4.78, 5) is 0. The monoisotopic (exact) mass is 221 g/mol. The molecule has 0 amide bonds. The maximum Gasteiger partial charge on any atom is 0.121 e. The van der Waals surface area contributed by atoms with E-state index >= 15 is 0 Å². The van der Waals surface area contributed by atoms with Crippen LogP contribution in [0.1, 0.15) is 52.7 Å². The molecule has 0 saturated carbocycles. The molecule has 0 aliphatic heterocycles. The molecule has 0 unspecified atom stereocenters. The Bertz CT molecular complexity index is 371. The standard InChI is InChI=1S/C14H23NO/c1-13(2,3)9-7-10(15)12(11(16)8-9)14(4,5)6/h7-8,16H,15H2,1-6H3. The zero-order valence-corrected chi connectivity index (χ0v) is 11.2. The first-order valence-electron chi connectivity index (χ1n) is 5.67. The van der Waals surface area contributed by atoms with Crippen molar-refractivity contribution in [1.29, 1.82) is 0 Å². The molecule has 0 fully saturated rings. The lowest BCUT2D eigenvalue weighted by molar-refractivity contribution is 0.444. The molecule has 0 radical (unpaired) electrons. The number of benzene rings is 1. The number of rotatable bonds is 0. The first kappa shape index (κ1) is 12.9. The van der Waals surface area contributed by atoms with E-state index in [-0.39, 0.29) is 10.8 Å². The molecule has 1 aromatic carbocycles. The van der Waals surface area contributed by atoms with Gasteiger partial charge in [0, 0.05) is 11.3 Å². The lowest BCUT2D eigenvalue weighted by Crippen LogP contribution is -2.17. The van der Waals surface area contributed by atoms with Crippen LogP contribution in [0.3, 0.4) is 0 Å². The second-order valence-corrected chi connectivity index (χ2v) is 6.46. The van der Waals surface area contributed by atoms with Crippen LogP contribution in [-0.2, 0) is 10.8 Å². The van der Waals surface area contributed by atoms with Crippen LogP contribution in [-0.4, -0.2) is 5.11 Å². The fourth-order valence-electron chi connectivity index (χ4n) is 1.90. The fraction of sp³-hybridized carbons (Fsp3) is 0.571. The third kappa shape index (κ3) is 2.49. The van der Waals surface area contributed by atoms with Crippen LogP contribution < -0.4 is 5.73 Å². The second-order valence-electron chi connectivity index (χ2n) is 6.46. The van der Waals surface area contributed by atoms with Gasteiger partial charge >= 0.3 is 0 Å². The van der Waals surface area contributed by atoms with E-state index in [0.29, 0.717) is 11.4 Å². The number of hydrogen-bond acceptors (Lipinski definition) is 2. The van der Waals surface area contributed by atoms with Gasteiger partial charge in [-0.15, -0.1) is 0 Å². The number of nitrogens with two attached hydrogens (primary N) is 1. The summed E-state index contributed by atoms with van der Waals surface area (Å²) in [5.74, 6) is 0.303. The summed E-state index contributed by atoms with van der Waals surface area (Å²) in [6.07, 6.45) is 0. The molecule has 0 bridgehead atoms. The summed E-state index contributed by atoms with van der Waals surface area (Å²) in [5, 5.41) is 10.1. The van der Waals surface area contributed by atoms with Crippen LogP contribution in [0.15, 0.2) is 12.1 Å². The number of phenolic OH excluding ortho intramolecular Hbond substituents is 1. The highest BCUT2D eigenvalue weighted by Crippen LogP contribution is 2.38. The average Bonchev–Trinajstić information content (AvgIpc) is 1.97. The van der Waals surface area contributed by atoms with Crippen LogP contribution in [0.2, 0.25) is 0 Å². The van der Waals surface area contributed by atoms with Gasteiger partial charge in [0.15, 0.2) is 0 Å². The summed E-state index contributed by atoms with van der Waals surface area (Å²) in [5.41, 5.74) is 8.49. The first-order chi connectivity index (χ1) is 7.03. The minimum absolute atomic E-state index is 0.00200. The van der Waals surface area contributed by atoms with Crippen molar-refractivity contribution in [3.05, 3.63) is 23.3 Å². The van der Waals surface area contributed by atoms with Gasteiger partial charge in [0.25, 0.3) is 0 Å². The van der Waals surface area contributed by atoms with Crippen LogP contribution in [0, 0.1) is 0 Å². The van der Waals surface area contributed by atoms with Gasteiger partial charge in [-0.1, -0.05) is 41.5 Å². The van der Waals surface area contributed by atoms with Crippen molar-refractivity contribution in [2.24, 2.45) is 0 Å². The number of nitrogen functional groups attached to an aromatic ring is 1. The van der Waals surface area contributed by atoms with Gasteiger partial charge in [-0.2, -0.15) is 0 Å². The molecule has 1 rings (SSSR count). The largest absolute Gasteiger partial charge is 0.508 e. The SMILES string of the molecule is CC(C)(C)c1cc(N)c(C(C)(C)C)c(O)c1. The Morgan fingerprint density at radius 2 is 1.44 bits per heavy atom. The summed E-state index contributed by atoms with van der Waals surface area (Å²) in [6.45, 7) is 12.5. The van der Waals surface area contributed by atoms with Gasteiger partial charge < -0.3 is 10.8 Å². The first-order valence-corrected chi connectivity index (χ1v) is 5.67. The van der Waals surface area contributed by atoms with Gasteiger partial charge in [0.1, 0.15) is 5.75 Å². The van der Waals surface area contributed by atoms with Gasteiger partial charge in [-0.3, -0.25) is 0 Å².